The molecular weight excluding hydrogens is 208 g/mol. The van der Waals surface area contributed by atoms with Crippen LogP contribution in [0.3, 0.4) is 0 Å². The van der Waals surface area contributed by atoms with Crippen LogP contribution in [0, 0.1) is 0 Å². The van der Waals surface area contributed by atoms with E-state index in [1.807, 2.05) is 0 Å². The summed E-state index contributed by atoms with van der Waals surface area (Å²) in [6.07, 6.45) is 0. The predicted octanol–water partition coefficient (Wildman–Crippen LogP) is 2.79. The molecule has 0 atom stereocenters. The van der Waals surface area contributed by atoms with Gasteiger partial charge in [0.25, 0.3) is 0 Å². The maximum absolute atomic E-state index is 11.1. The number of allylic oxidation sites excluding steroid dienone is 1. The summed E-state index contributed by atoms with van der Waals surface area (Å²) >= 11 is 7.04. The van der Waals surface area contributed by atoms with Crippen LogP contribution in [0.15, 0.2) is 18.0 Å². The molecule has 1 rings (SSSR count). The molecule has 0 radical (unpaired) electrons. The summed E-state index contributed by atoms with van der Waals surface area (Å²) in [7, 11) is 1.36. The minimum absolute atomic E-state index is 0.329. The lowest BCUT2D eigenvalue weighted by Gasteiger charge is -1.94. The number of alkyl halides is 1. The molecule has 0 fully saturated rings. The third-order valence-electron chi connectivity index (χ3n) is 1.53. The number of halogens is 1. The van der Waals surface area contributed by atoms with Crippen molar-refractivity contribution in [1.29, 1.82) is 0 Å². The zero-order valence-electron chi connectivity index (χ0n) is 7.17. The molecule has 1 heterocycles. The largest absolute Gasteiger partial charge is 0.465 e. The van der Waals surface area contributed by atoms with Crippen LogP contribution >= 0.6 is 22.9 Å². The van der Waals surface area contributed by atoms with Gasteiger partial charge in [0, 0.05) is 16.1 Å². The van der Waals surface area contributed by atoms with E-state index in [1.165, 1.54) is 18.4 Å². The number of thiophene rings is 1. The number of methoxy groups -OCH3 is 1. The molecule has 0 saturated heterocycles. The standard InChI is InChI=1S/C9H9ClO2S/c1-6(4-10)8-3-7(5-13-8)9(11)12-2/h3,5H,1,4H2,2H3. The first kappa shape index (κ1) is 10.3. The molecule has 2 nitrogen and oxygen atoms in total. The van der Waals surface area contributed by atoms with Gasteiger partial charge in [-0.2, -0.15) is 0 Å². The Morgan fingerprint density at radius 1 is 1.77 bits per heavy atom. The van der Waals surface area contributed by atoms with Crippen LogP contribution < -0.4 is 0 Å². The third-order valence-corrected chi connectivity index (χ3v) is 2.89. The fourth-order valence-electron chi connectivity index (χ4n) is 0.812. The van der Waals surface area contributed by atoms with Gasteiger partial charge in [-0.05, 0) is 11.6 Å². The molecule has 1 aromatic heterocycles. The molecule has 1 aromatic rings. The Balaban J connectivity index is 2.86. The second kappa shape index (κ2) is 4.44. The molecule has 0 bridgehead atoms. The fourth-order valence-corrected chi connectivity index (χ4v) is 1.89. The summed E-state index contributed by atoms with van der Waals surface area (Å²) in [6, 6.07) is 1.74. The van der Waals surface area contributed by atoms with E-state index in [2.05, 4.69) is 11.3 Å². The van der Waals surface area contributed by atoms with E-state index < -0.39 is 0 Å². The first-order valence-corrected chi connectivity index (χ1v) is 5.01. The summed E-state index contributed by atoms with van der Waals surface area (Å²) in [5.41, 5.74) is 1.37. The summed E-state index contributed by atoms with van der Waals surface area (Å²) in [5.74, 6) is 0.0473. The minimum atomic E-state index is -0.329. The Morgan fingerprint density at radius 2 is 2.46 bits per heavy atom. The molecule has 0 spiro atoms. The van der Waals surface area contributed by atoms with Gasteiger partial charge in [0.15, 0.2) is 0 Å². The van der Waals surface area contributed by atoms with Crippen molar-refractivity contribution in [3.8, 4) is 0 Å². The van der Waals surface area contributed by atoms with Crippen molar-refractivity contribution in [2.24, 2.45) is 0 Å². The summed E-state index contributed by atoms with van der Waals surface area (Å²) in [6.45, 7) is 3.77. The smallest absolute Gasteiger partial charge is 0.338 e. The van der Waals surface area contributed by atoms with E-state index in [9.17, 15) is 4.79 Å². The predicted molar refractivity (Wildman–Crippen MR) is 55.4 cm³/mol. The number of hydrogen-bond donors (Lipinski definition) is 0. The molecule has 13 heavy (non-hydrogen) atoms. The molecule has 70 valence electrons. The number of esters is 1. The zero-order valence-corrected chi connectivity index (χ0v) is 8.74. The van der Waals surface area contributed by atoms with Crippen LogP contribution in [-0.4, -0.2) is 19.0 Å². The van der Waals surface area contributed by atoms with Crippen LogP contribution in [0.1, 0.15) is 15.2 Å². The maximum atomic E-state index is 11.1. The normalized spacial score (nSPS) is 9.69. The summed E-state index contributed by atoms with van der Waals surface area (Å²) < 4.78 is 4.57. The summed E-state index contributed by atoms with van der Waals surface area (Å²) in [5, 5.41) is 1.74. The van der Waals surface area contributed by atoms with E-state index >= 15 is 0 Å². The molecule has 0 unspecified atom stereocenters. The van der Waals surface area contributed by atoms with Crippen LogP contribution in [0.2, 0.25) is 0 Å². The Hall–Kier alpha value is -0.800. The van der Waals surface area contributed by atoms with E-state index in [0.29, 0.717) is 11.4 Å². The van der Waals surface area contributed by atoms with Crippen molar-refractivity contribution in [3.63, 3.8) is 0 Å². The average Bonchev–Trinajstić information content (AvgIpc) is 2.64. The Kier molecular flexibility index (Phi) is 3.51. The average molecular weight is 217 g/mol. The lowest BCUT2D eigenvalue weighted by Crippen LogP contribution is -1.98. The van der Waals surface area contributed by atoms with Crippen molar-refractivity contribution in [2.75, 3.05) is 13.0 Å². The van der Waals surface area contributed by atoms with Gasteiger partial charge in [0.1, 0.15) is 0 Å². The van der Waals surface area contributed by atoms with Gasteiger partial charge in [0.05, 0.1) is 12.7 Å². The molecule has 0 N–H and O–H groups in total. The highest BCUT2D eigenvalue weighted by atomic mass is 35.5. The molecule has 0 aliphatic rings. The number of rotatable bonds is 3. The monoisotopic (exact) mass is 216 g/mol. The van der Waals surface area contributed by atoms with Crippen molar-refractivity contribution in [3.05, 3.63) is 28.5 Å². The van der Waals surface area contributed by atoms with Gasteiger partial charge >= 0.3 is 5.97 Å². The molecular formula is C9H9ClO2S. The quantitative estimate of drug-likeness (QED) is 0.574. The zero-order chi connectivity index (χ0) is 9.84. The lowest BCUT2D eigenvalue weighted by atomic mass is 10.2. The minimum Gasteiger partial charge on any atom is -0.465 e. The fraction of sp³-hybridized carbons (Fsp3) is 0.222. The molecule has 0 saturated carbocycles. The Labute approximate surface area is 85.8 Å². The van der Waals surface area contributed by atoms with Crippen molar-refractivity contribution in [2.45, 2.75) is 0 Å². The highest BCUT2D eigenvalue weighted by Crippen LogP contribution is 2.23. The maximum Gasteiger partial charge on any atom is 0.338 e. The lowest BCUT2D eigenvalue weighted by molar-refractivity contribution is 0.0601. The molecule has 4 heteroatoms. The van der Waals surface area contributed by atoms with Gasteiger partial charge in [-0.25, -0.2) is 4.79 Å². The van der Waals surface area contributed by atoms with Gasteiger partial charge in [-0.15, -0.1) is 22.9 Å². The van der Waals surface area contributed by atoms with Gasteiger partial charge in [-0.1, -0.05) is 6.58 Å². The Morgan fingerprint density at radius 3 is 3.00 bits per heavy atom. The molecule has 0 aliphatic carbocycles. The topological polar surface area (TPSA) is 26.3 Å². The van der Waals surface area contributed by atoms with Gasteiger partial charge < -0.3 is 4.74 Å². The third kappa shape index (κ3) is 2.32. The number of carbonyl (C=O) groups is 1. The second-order valence-electron chi connectivity index (χ2n) is 2.43. The second-order valence-corrected chi connectivity index (χ2v) is 3.61. The van der Waals surface area contributed by atoms with E-state index in [-0.39, 0.29) is 5.97 Å². The first-order valence-electron chi connectivity index (χ1n) is 3.60. The highest BCUT2D eigenvalue weighted by Gasteiger charge is 2.09. The highest BCUT2D eigenvalue weighted by molar-refractivity contribution is 7.11. The molecule has 0 aliphatic heterocycles. The van der Waals surface area contributed by atoms with Crippen molar-refractivity contribution < 1.29 is 9.53 Å². The number of ether oxygens (including phenoxy) is 1. The van der Waals surface area contributed by atoms with Crippen LogP contribution in [0.4, 0.5) is 0 Å². The van der Waals surface area contributed by atoms with E-state index in [0.717, 1.165) is 10.5 Å². The molecule has 0 aromatic carbocycles. The number of hydrogen-bond acceptors (Lipinski definition) is 3. The first-order chi connectivity index (χ1) is 6.19. The number of carbonyl (C=O) groups excluding carboxylic acids is 1. The van der Waals surface area contributed by atoms with Crippen LogP contribution in [0.5, 0.6) is 0 Å². The summed E-state index contributed by atoms with van der Waals surface area (Å²) in [4.78, 5) is 12.0. The molecule has 0 amide bonds. The van der Waals surface area contributed by atoms with Gasteiger partial charge in [-0.3, -0.25) is 0 Å². The van der Waals surface area contributed by atoms with Crippen LogP contribution in [-0.2, 0) is 4.74 Å². The van der Waals surface area contributed by atoms with Crippen molar-refractivity contribution >= 4 is 34.5 Å². The van der Waals surface area contributed by atoms with Crippen LogP contribution in [0.25, 0.3) is 5.57 Å². The SMILES string of the molecule is C=C(CCl)c1cc(C(=O)OC)cs1. The Bertz CT molecular complexity index is 300. The van der Waals surface area contributed by atoms with E-state index in [1.54, 1.807) is 11.4 Å². The van der Waals surface area contributed by atoms with Gasteiger partial charge in [0.2, 0.25) is 0 Å². The van der Waals surface area contributed by atoms with E-state index in [4.69, 9.17) is 11.6 Å². The van der Waals surface area contributed by atoms with Crippen molar-refractivity contribution in [1.82, 2.24) is 0 Å².